The van der Waals surface area contributed by atoms with E-state index in [0.29, 0.717) is 18.4 Å². The van der Waals surface area contributed by atoms with Gasteiger partial charge >= 0.3 is 0 Å². The van der Waals surface area contributed by atoms with Gasteiger partial charge in [0.25, 0.3) is 0 Å². The lowest BCUT2D eigenvalue weighted by Gasteiger charge is -2.45. The quantitative estimate of drug-likeness (QED) is 0.687. The zero-order valence-electron chi connectivity index (χ0n) is 18.1. The fourth-order valence-electron chi connectivity index (χ4n) is 5.39. The minimum absolute atomic E-state index is 0.00172. The molecule has 2 saturated carbocycles. The molecule has 1 aliphatic heterocycles. The molecule has 0 bridgehead atoms. The van der Waals surface area contributed by atoms with E-state index >= 15 is 0 Å². The van der Waals surface area contributed by atoms with E-state index in [1.165, 1.54) is 18.6 Å². The van der Waals surface area contributed by atoms with Crippen LogP contribution in [0.25, 0.3) is 0 Å². The van der Waals surface area contributed by atoms with Gasteiger partial charge in [-0.3, -0.25) is 9.59 Å². The number of nitrogens with zero attached hydrogens (tertiary/aromatic N) is 1. The number of benzene rings is 1. The predicted molar refractivity (Wildman–Crippen MR) is 119 cm³/mol. The van der Waals surface area contributed by atoms with Gasteiger partial charge in [-0.25, -0.2) is 4.39 Å². The molecule has 4 rings (SSSR count). The summed E-state index contributed by atoms with van der Waals surface area (Å²) in [4.78, 5) is 28.7. The lowest BCUT2D eigenvalue weighted by atomic mass is 9.79. The number of rotatable bonds is 5. The van der Waals surface area contributed by atoms with E-state index in [4.69, 9.17) is 12.6 Å². The molecule has 2 aliphatic carbocycles. The average Bonchev–Trinajstić information content (AvgIpc) is 3.44. The highest BCUT2D eigenvalue weighted by molar-refractivity contribution is 7.82. The van der Waals surface area contributed by atoms with Crippen LogP contribution in [0.1, 0.15) is 64.4 Å². The lowest BCUT2D eigenvalue weighted by molar-refractivity contribution is -0.140. The van der Waals surface area contributed by atoms with Gasteiger partial charge in [0.1, 0.15) is 11.1 Å². The molecule has 1 heterocycles. The molecule has 5 unspecified atom stereocenters. The van der Waals surface area contributed by atoms with Crippen molar-refractivity contribution in [3.8, 4) is 0 Å². The van der Waals surface area contributed by atoms with Gasteiger partial charge in [-0.15, -0.1) is 0 Å². The molecule has 1 aromatic rings. The molecule has 2 amide bonds. The molecule has 4 nitrogen and oxygen atoms in total. The van der Waals surface area contributed by atoms with Crippen LogP contribution in [-0.4, -0.2) is 40.1 Å². The standard InChI is InChI=1S/C24H33FN2O2S/c1-14(2)12-24(3)21(30)22(28)26-20(16-5-4-6-16)13-27(24)23(29)19-11-18(19)15-7-9-17(25)10-8-15/h7-10,14,16,18-21,30H,4-6,11-13H2,1-3H3,(H,26,28). The molecular formula is C24H33FN2O2S. The Labute approximate surface area is 184 Å². The molecule has 3 aliphatic rings. The van der Waals surface area contributed by atoms with Crippen LogP contribution in [0.2, 0.25) is 0 Å². The second kappa shape index (κ2) is 8.18. The summed E-state index contributed by atoms with van der Waals surface area (Å²) >= 11 is 4.74. The molecule has 1 aromatic carbocycles. The first-order valence-corrected chi connectivity index (χ1v) is 11.8. The van der Waals surface area contributed by atoms with Gasteiger partial charge in [0.05, 0.1) is 5.54 Å². The monoisotopic (exact) mass is 432 g/mol. The maximum Gasteiger partial charge on any atom is 0.235 e. The second-order valence-corrected chi connectivity index (χ2v) is 10.6. The Bertz CT molecular complexity index is 810. The Morgan fingerprint density at radius 1 is 1.30 bits per heavy atom. The Kier molecular flexibility index (Phi) is 5.90. The Morgan fingerprint density at radius 2 is 1.97 bits per heavy atom. The highest BCUT2D eigenvalue weighted by Crippen LogP contribution is 2.50. The number of carbonyl (C=O) groups is 2. The highest BCUT2D eigenvalue weighted by Gasteiger charge is 2.54. The van der Waals surface area contributed by atoms with E-state index in [9.17, 15) is 14.0 Å². The molecule has 0 aromatic heterocycles. The van der Waals surface area contributed by atoms with Crippen molar-refractivity contribution in [3.63, 3.8) is 0 Å². The van der Waals surface area contributed by atoms with Crippen LogP contribution >= 0.6 is 12.6 Å². The van der Waals surface area contributed by atoms with Crippen molar-refractivity contribution in [3.05, 3.63) is 35.6 Å². The van der Waals surface area contributed by atoms with E-state index in [1.807, 2.05) is 11.8 Å². The molecule has 6 heteroatoms. The number of thiol groups is 1. The van der Waals surface area contributed by atoms with Crippen LogP contribution in [0.15, 0.2) is 24.3 Å². The van der Waals surface area contributed by atoms with E-state index in [1.54, 1.807) is 12.1 Å². The van der Waals surface area contributed by atoms with Crippen LogP contribution in [0.3, 0.4) is 0 Å². The van der Waals surface area contributed by atoms with Crippen molar-refractivity contribution in [1.29, 1.82) is 0 Å². The fourth-order valence-corrected chi connectivity index (χ4v) is 5.71. The van der Waals surface area contributed by atoms with Crippen LogP contribution in [-0.2, 0) is 9.59 Å². The van der Waals surface area contributed by atoms with Gasteiger partial charge in [0.15, 0.2) is 0 Å². The molecular weight excluding hydrogens is 399 g/mol. The zero-order chi connectivity index (χ0) is 21.6. The largest absolute Gasteiger partial charge is 0.350 e. The van der Waals surface area contributed by atoms with Crippen molar-refractivity contribution < 1.29 is 14.0 Å². The first-order chi connectivity index (χ1) is 14.2. The Morgan fingerprint density at radius 3 is 2.53 bits per heavy atom. The zero-order valence-corrected chi connectivity index (χ0v) is 19.0. The molecule has 30 heavy (non-hydrogen) atoms. The van der Waals surface area contributed by atoms with Crippen LogP contribution in [0, 0.1) is 23.6 Å². The molecule has 3 fully saturated rings. The maximum atomic E-state index is 13.8. The summed E-state index contributed by atoms with van der Waals surface area (Å²) in [5, 5.41) is 2.64. The third kappa shape index (κ3) is 4.00. The predicted octanol–water partition coefficient (Wildman–Crippen LogP) is 4.16. The maximum absolute atomic E-state index is 13.8. The molecule has 1 saturated heterocycles. The van der Waals surface area contributed by atoms with E-state index in [0.717, 1.165) is 31.2 Å². The highest BCUT2D eigenvalue weighted by atomic mass is 32.1. The van der Waals surface area contributed by atoms with Crippen molar-refractivity contribution in [1.82, 2.24) is 10.2 Å². The van der Waals surface area contributed by atoms with E-state index < -0.39 is 10.8 Å². The van der Waals surface area contributed by atoms with Gasteiger partial charge in [-0.2, -0.15) is 12.6 Å². The Balaban J connectivity index is 1.61. The van der Waals surface area contributed by atoms with Crippen LogP contribution in [0.5, 0.6) is 0 Å². The average molecular weight is 433 g/mol. The van der Waals surface area contributed by atoms with Gasteiger partial charge < -0.3 is 10.2 Å². The molecule has 0 radical (unpaired) electrons. The molecule has 164 valence electrons. The minimum atomic E-state index is -0.632. The second-order valence-electron chi connectivity index (χ2n) is 10.1. The summed E-state index contributed by atoms with van der Waals surface area (Å²) in [6, 6.07) is 6.49. The summed E-state index contributed by atoms with van der Waals surface area (Å²) in [5.41, 5.74) is 0.384. The third-order valence-corrected chi connectivity index (χ3v) is 8.16. The first-order valence-electron chi connectivity index (χ1n) is 11.3. The number of amides is 2. The Hall–Kier alpha value is -1.56. The topological polar surface area (TPSA) is 49.4 Å². The summed E-state index contributed by atoms with van der Waals surface area (Å²) in [6.45, 7) is 6.83. The number of nitrogens with one attached hydrogen (secondary N) is 1. The normalized spacial score (nSPS) is 34.3. The minimum Gasteiger partial charge on any atom is -0.350 e. The molecule has 1 N–H and O–H groups in total. The number of hydrogen-bond donors (Lipinski definition) is 2. The number of hydrogen-bond acceptors (Lipinski definition) is 3. The number of carbonyl (C=O) groups excluding carboxylic acids is 2. The van der Waals surface area contributed by atoms with Crippen molar-refractivity contribution in [2.24, 2.45) is 17.8 Å². The van der Waals surface area contributed by atoms with E-state index in [2.05, 4.69) is 19.2 Å². The SMILES string of the molecule is CC(C)CC1(C)C(S)C(=O)NC(C2CCC2)CN1C(=O)C1CC1c1ccc(F)cc1. The van der Waals surface area contributed by atoms with Gasteiger partial charge in [0.2, 0.25) is 11.8 Å². The third-order valence-electron chi connectivity index (χ3n) is 7.37. The molecule has 0 spiro atoms. The summed E-state index contributed by atoms with van der Waals surface area (Å²) in [7, 11) is 0. The first kappa shape index (κ1) is 21.7. The lowest BCUT2D eigenvalue weighted by Crippen LogP contribution is -2.58. The summed E-state index contributed by atoms with van der Waals surface area (Å²) < 4.78 is 13.3. The van der Waals surface area contributed by atoms with Crippen LogP contribution in [0.4, 0.5) is 4.39 Å². The van der Waals surface area contributed by atoms with Crippen molar-refractivity contribution >= 4 is 24.4 Å². The van der Waals surface area contributed by atoms with Crippen molar-refractivity contribution in [2.45, 2.75) is 75.6 Å². The van der Waals surface area contributed by atoms with Crippen molar-refractivity contribution in [2.75, 3.05) is 6.54 Å². The summed E-state index contributed by atoms with van der Waals surface area (Å²) in [6.07, 6.45) is 4.91. The van der Waals surface area contributed by atoms with Gasteiger partial charge in [-0.1, -0.05) is 32.4 Å². The van der Waals surface area contributed by atoms with Gasteiger partial charge in [-0.05, 0) is 68.1 Å². The summed E-state index contributed by atoms with van der Waals surface area (Å²) in [5.74, 6) is 0.613. The smallest absolute Gasteiger partial charge is 0.235 e. The number of halogens is 1. The van der Waals surface area contributed by atoms with Gasteiger partial charge in [0, 0.05) is 18.5 Å². The van der Waals surface area contributed by atoms with E-state index in [-0.39, 0.29) is 35.5 Å². The molecule has 5 atom stereocenters. The van der Waals surface area contributed by atoms with Crippen LogP contribution < -0.4 is 5.32 Å². The fraction of sp³-hybridized carbons (Fsp3) is 0.667.